The summed E-state index contributed by atoms with van der Waals surface area (Å²) < 4.78 is 0. The zero-order valence-corrected chi connectivity index (χ0v) is 7.13. The van der Waals surface area contributed by atoms with Gasteiger partial charge in [-0.05, 0) is 6.92 Å². The molecule has 48 valence electrons. The summed E-state index contributed by atoms with van der Waals surface area (Å²) in [4.78, 5) is 9.57. The van der Waals surface area contributed by atoms with Crippen molar-refractivity contribution >= 4 is 43.7 Å². The van der Waals surface area contributed by atoms with E-state index in [0.29, 0.717) is 0 Å². The Balaban J connectivity index is -0.0000000208. The molecule has 0 bridgehead atoms. The fourth-order valence-electron chi connectivity index (χ4n) is 0. The van der Waals surface area contributed by atoms with Gasteiger partial charge in [-0.3, -0.25) is 4.79 Å². The second-order valence-corrected chi connectivity index (χ2v) is 1.13. The molecule has 1 atom stereocenters. The number of aliphatic carboxylic acids is 1. The third kappa shape index (κ3) is 9.82. The topological polar surface area (TPSA) is 98.3 Å². The molecule has 0 spiro atoms. The van der Waals surface area contributed by atoms with Gasteiger partial charge in [0, 0.05) is 0 Å². The van der Waals surface area contributed by atoms with Crippen LogP contribution in [0.5, 0.6) is 0 Å². The molecule has 0 fully saturated rings. The van der Waals surface area contributed by atoms with Crippen molar-refractivity contribution in [3.8, 4) is 0 Å². The van der Waals surface area contributed by atoms with Gasteiger partial charge >= 0.3 is 43.7 Å². The SMILES string of the molecule is C[C@H](N)C(=O)O.N.[Ca+2].[H-].[H-]. The first-order chi connectivity index (χ1) is 2.64. The normalized spacial score (nSPS) is 10.2. The number of hydrogen-bond acceptors (Lipinski definition) is 3. The molecule has 0 aromatic carbocycles. The van der Waals surface area contributed by atoms with Crippen LogP contribution in [0.2, 0.25) is 0 Å². The van der Waals surface area contributed by atoms with E-state index in [0.717, 1.165) is 0 Å². The Hall–Kier alpha value is 0.650. The molecule has 5 heteroatoms. The van der Waals surface area contributed by atoms with Crippen LogP contribution in [0.25, 0.3) is 0 Å². The first-order valence-corrected chi connectivity index (χ1v) is 1.63. The van der Waals surface area contributed by atoms with Gasteiger partial charge in [-0.25, -0.2) is 0 Å². The van der Waals surface area contributed by atoms with Crippen molar-refractivity contribution < 1.29 is 12.8 Å². The minimum atomic E-state index is -0.963. The molecule has 0 amide bonds. The quantitative estimate of drug-likeness (QED) is 0.433. The van der Waals surface area contributed by atoms with E-state index in [1.165, 1.54) is 6.92 Å². The largest absolute Gasteiger partial charge is 2.00 e. The molecule has 0 saturated heterocycles. The predicted octanol–water partition coefficient (Wildman–Crippen LogP) is -0.576. The van der Waals surface area contributed by atoms with Crippen LogP contribution >= 0.6 is 0 Å². The van der Waals surface area contributed by atoms with Gasteiger partial charge in [-0.2, -0.15) is 0 Å². The van der Waals surface area contributed by atoms with Crippen molar-refractivity contribution in [3.05, 3.63) is 0 Å². The van der Waals surface area contributed by atoms with Crippen LogP contribution in [-0.4, -0.2) is 54.9 Å². The molecule has 0 heterocycles. The molecule has 0 saturated carbocycles. The first-order valence-electron chi connectivity index (χ1n) is 1.63. The summed E-state index contributed by atoms with van der Waals surface area (Å²) in [6.45, 7) is 1.42. The third-order valence-corrected chi connectivity index (χ3v) is 0.390. The van der Waals surface area contributed by atoms with E-state index in [4.69, 9.17) is 10.8 Å². The molecule has 6 N–H and O–H groups in total. The predicted molar refractivity (Wildman–Crippen MR) is 34.3 cm³/mol. The number of carboxylic acid groups (broad SMARTS) is 1. The van der Waals surface area contributed by atoms with Gasteiger partial charge in [0.25, 0.3) is 0 Å². The van der Waals surface area contributed by atoms with Gasteiger partial charge in [0.2, 0.25) is 0 Å². The van der Waals surface area contributed by atoms with Crippen LogP contribution in [0.4, 0.5) is 0 Å². The van der Waals surface area contributed by atoms with E-state index in [2.05, 4.69) is 0 Å². The first kappa shape index (κ1) is 15.9. The van der Waals surface area contributed by atoms with Crippen molar-refractivity contribution in [1.82, 2.24) is 6.15 Å². The number of carboxylic acids is 1. The third-order valence-electron chi connectivity index (χ3n) is 0.390. The van der Waals surface area contributed by atoms with E-state index < -0.39 is 12.0 Å². The van der Waals surface area contributed by atoms with Crippen LogP contribution in [0.3, 0.4) is 0 Å². The van der Waals surface area contributed by atoms with Crippen LogP contribution < -0.4 is 11.9 Å². The molecular weight excluding hydrogens is 136 g/mol. The Bertz CT molecular complexity index is 73.5. The number of hydrogen-bond donors (Lipinski definition) is 3. The summed E-state index contributed by atoms with van der Waals surface area (Å²) in [6, 6.07) is -0.731. The molecule has 0 radical (unpaired) electrons. The number of nitrogens with two attached hydrogens (primary N) is 1. The summed E-state index contributed by atoms with van der Waals surface area (Å²) in [5, 5.41) is 7.87. The van der Waals surface area contributed by atoms with Crippen LogP contribution in [0.1, 0.15) is 9.78 Å². The van der Waals surface area contributed by atoms with Crippen molar-refractivity contribution in [2.75, 3.05) is 0 Å². The maximum atomic E-state index is 9.57. The Morgan fingerprint density at radius 1 is 1.88 bits per heavy atom. The molecule has 0 aliphatic carbocycles. The van der Waals surface area contributed by atoms with Crippen LogP contribution in [0.15, 0.2) is 0 Å². The fraction of sp³-hybridized carbons (Fsp3) is 0.667. The molecule has 0 aromatic heterocycles. The molecule has 0 aromatic rings. The molecule has 8 heavy (non-hydrogen) atoms. The fourth-order valence-corrected chi connectivity index (χ4v) is 0. The van der Waals surface area contributed by atoms with Crippen molar-refractivity contribution in [3.63, 3.8) is 0 Å². The van der Waals surface area contributed by atoms with Gasteiger partial charge in [-0.15, -0.1) is 0 Å². The summed E-state index contributed by atoms with van der Waals surface area (Å²) in [5.41, 5.74) is 4.84. The van der Waals surface area contributed by atoms with Crippen molar-refractivity contribution in [2.45, 2.75) is 13.0 Å². The van der Waals surface area contributed by atoms with Crippen LogP contribution in [-0.2, 0) is 4.79 Å². The monoisotopic (exact) mass is 148 g/mol. The minimum absolute atomic E-state index is 0. The molecule has 4 nitrogen and oxygen atoms in total. The second kappa shape index (κ2) is 7.65. The zero-order valence-electron chi connectivity index (χ0n) is 6.92. The Morgan fingerprint density at radius 3 is 2.00 bits per heavy atom. The number of rotatable bonds is 1. The van der Waals surface area contributed by atoms with Crippen LogP contribution in [0, 0.1) is 0 Å². The molecule has 0 unspecified atom stereocenters. The van der Waals surface area contributed by atoms with E-state index in [1.807, 2.05) is 0 Å². The number of carbonyl (C=O) groups is 1. The molecule has 0 aliphatic rings. The average molecular weight is 148 g/mol. The maximum Gasteiger partial charge on any atom is 2.00 e. The Morgan fingerprint density at radius 2 is 2.00 bits per heavy atom. The molecule has 0 aliphatic heterocycles. The van der Waals surface area contributed by atoms with Gasteiger partial charge < -0.3 is 19.8 Å². The Kier molecular flexibility index (Phi) is 15.2. The smallest absolute Gasteiger partial charge is 1.00 e. The minimum Gasteiger partial charge on any atom is -1.00 e. The van der Waals surface area contributed by atoms with E-state index in [-0.39, 0.29) is 46.7 Å². The van der Waals surface area contributed by atoms with E-state index in [9.17, 15) is 4.79 Å². The van der Waals surface area contributed by atoms with Gasteiger partial charge in [-0.1, -0.05) is 0 Å². The summed E-state index contributed by atoms with van der Waals surface area (Å²) in [7, 11) is 0. The maximum absolute atomic E-state index is 9.57. The summed E-state index contributed by atoms with van der Waals surface area (Å²) in [5.74, 6) is -0.963. The molecule has 0 rings (SSSR count). The van der Waals surface area contributed by atoms with Gasteiger partial charge in [0.15, 0.2) is 0 Å². The van der Waals surface area contributed by atoms with Gasteiger partial charge in [0.05, 0.1) is 0 Å². The Labute approximate surface area is 81.0 Å². The zero-order chi connectivity index (χ0) is 5.15. The van der Waals surface area contributed by atoms with Gasteiger partial charge in [0.1, 0.15) is 6.04 Å². The summed E-state index contributed by atoms with van der Waals surface area (Å²) in [6.07, 6.45) is 0. The summed E-state index contributed by atoms with van der Waals surface area (Å²) >= 11 is 0. The second-order valence-electron chi connectivity index (χ2n) is 1.13. The van der Waals surface area contributed by atoms with Crippen molar-refractivity contribution in [2.24, 2.45) is 5.73 Å². The standard InChI is InChI=1S/C3H7NO2.Ca.H3N.2H/c1-2(4)3(5)6;;;;/h2H,4H2,1H3,(H,5,6);;1H3;;/q;+2;;2*-1/t2-;;;;/m0..../s1. The average Bonchev–Trinajstić information content (AvgIpc) is 1.36. The molecular formula is C3H12CaN2O2. The van der Waals surface area contributed by atoms with Crippen molar-refractivity contribution in [1.29, 1.82) is 0 Å². The van der Waals surface area contributed by atoms with E-state index >= 15 is 0 Å². The van der Waals surface area contributed by atoms with E-state index in [1.54, 1.807) is 0 Å².